The third kappa shape index (κ3) is 6.16. The molecule has 202 valence electrons. The van der Waals surface area contributed by atoms with Crippen LogP contribution in [-0.4, -0.2) is 42.2 Å². The van der Waals surface area contributed by atoms with Crippen molar-refractivity contribution in [1.82, 2.24) is 9.55 Å². The largest absolute Gasteiger partial charge is 0.465 e. The molecule has 2 heterocycles. The summed E-state index contributed by atoms with van der Waals surface area (Å²) in [6, 6.07) is 8.87. The van der Waals surface area contributed by atoms with E-state index in [1.807, 2.05) is 24.3 Å². The Labute approximate surface area is 231 Å². The molecule has 38 heavy (non-hydrogen) atoms. The van der Waals surface area contributed by atoms with Gasteiger partial charge in [0.1, 0.15) is 20.7 Å². The van der Waals surface area contributed by atoms with Crippen molar-refractivity contribution in [2.24, 2.45) is 5.92 Å². The van der Waals surface area contributed by atoms with E-state index in [0.29, 0.717) is 41.4 Å². The van der Waals surface area contributed by atoms with Gasteiger partial charge in [-0.1, -0.05) is 61.1 Å². The summed E-state index contributed by atoms with van der Waals surface area (Å²) >= 11 is 7.35. The zero-order chi connectivity index (χ0) is 27.6. The van der Waals surface area contributed by atoms with Crippen molar-refractivity contribution in [1.29, 1.82) is 0 Å². The zero-order valence-electron chi connectivity index (χ0n) is 21.2. The maximum absolute atomic E-state index is 13.3. The minimum absolute atomic E-state index is 0.0897. The first-order valence-corrected chi connectivity index (χ1v) is 14.5. The number of halogens is 1. The summed E-state index contributed by atoms with van der Waals surface area (Å²) < 4.78 is 29.6. The van der Waals surface area contributed by atoms with E-state index in [1.165, 1.54) is 6.92 Å². The molecule has 0 spiro atoms. The maximum Gasteiger partial charge on any atom is 0.302 e. The first-order chi connectivity index (χ1) is 18.0. The van der Waals surface area contributed by atoms with Gasteiger partial charge in [0.05, 0.1) is 17.0 Å². The van der Waals surface area contributed by atoms with Crippen LogP contribution < -0.4 is 5.32 Å². The van der Waals surface area contributed by atoms with Gasteiger partial charge >= 0.3 is 5.97 Å². The molecule has 4 rings (SSSR count). The molecule has 0 bridgehead atoms. The number of amides is 1. The fourth-order valence-corrected chi connectivity index (χ4v) is 6.03. The Kier molecular flexibility index (Phi) is 8.39. The molecule has 1 fully saturated rings. The number of esters is 1. The van der Waals surface area contributed by atoms with Crippen molar-refractivity contribution in [3.63, 3.8) is 0 Å². The highest BCUT2D eigenvalue weighted by Gasteiger charge is 2.48. The Morgan fingerprint density at radius 3 is 2.47 bits per heavy atom. The first-order valence-electron chi connectivity index (χ1n) is 12.1. The predicted molar refractivity (Wildman–Crippen MR) is 146 cm³/mol. The highest BCUT2D eigenvalue weighted by Crippen LogP contribution is 2.49. The number of rotatable bonds is 11. The Morgan fingerprint density at radius 1 is 1.21 bits per heavy atom. The second-order valence-corrected chi connectivity index (χ2v) is 12.5. The number of carbonyl (C=O) groups is 3. The number of Topliss-reactive ketones (excluding diaryl/α,β-unsaturated/α-hetero) is 1. The van der Waals surface area contributed by atoms with Crippen LogP contribution in [0.25, 0.3) is 0 Å². The summed E-state index contributed by atoms with van der Waals surface area (Å²) in [5.41, 5.74) is 2.81. The standard InChI is InChI=1S/C26H28ClN3O6S2/c1-15(2)22(32)18-12-21(24(33)29-25-28-20(23(27)37-25)8-11-36-16(3)31)30(14-18)13-17-4-6-19(7-5-17)26(9-10-26)38(34)35/h4-7,12,14-15,38H,8-11,13H2,1-3H3,(H,28,29,33). The van der Waals surface area contributed by atoms with Crippen molar-refractivity contribution in [3.05, 3.63) is 68.9 Å². The van der Waals surface area contributed by atoms with Crippen LogP contribution in [0.3, 0.4) is 0 Å². The first kappa shape index (κ1) is 28.0. The van der Waals surface area contributed by atoms with Gasteiger partial charge in [0.15, 0.2) is 10.9 Å². The lowest BCUT2D eigenvalue weighted by atomic mass is 10.0. The third-order valence-electron chi connectivity index (χ3n) is 6.37. The molecule has 1 aliphatic carbocycles. The van der Waals surface area contributed by atoms with E-state index >= 15 is 0 Å². The normalized spacial score (nSPS) is 14.1. The monoisotopic (exact) mass is 577 g/mol. The van der Waals surface area contributed by atoms with Crippen LogP contribution in [-0.2, 0) is 37.9 Å². The number of hydrogen-bond donors (Lipinski definition) is 2. The lowest BCUT2D eigenvalue weighted by molar-refractivity contribution is -0.140. The van der Waals surface area contributed by atoms with Crippen LogP contribution in [0.2, 0.25) is 4.34 Å². The minimum atomic E-state index is -2.55. The number of nitrogens with one attached hydrogen (secondary N) is 1. The Morgan fingerprint density at radius 2 is 1.89 bits per heavy atom. The number of thiazole rings is 1. The van der Waals surface area contributed by atoms with E-state index in [-0.39, 0.29) is 29.1 Å². The topological polar surface area (TPSA) is 124 Å². The van der Waals surface area contributed by atoms with Gasteiger partial charge in [-0.2, -0.15) is 0 Å². The molecule has 2 aromatic heterocycles. The molecule has 0 radical (unpaired) electrons. The quantitative estimate of drug-likeness (QED) is 0.196. The van der Waals surface area contributed by atoms with Crippen molar-refractivity contribution < 1.29 is 27.5 Å². The predicted octanol–water partition coefficient (Wildman–Crippen LogP) is 4.44. The second kappa shape index (κ2) is 11.4. The molecule has 1 aromatic carbocycles. The van der Waals surface area contributed by atoms with Crippen molar-refractivity contribution in [2.45, 2.75) is 51.3 Å². The Bertz CT molecular complexity index is 1440. The smallest absolute Gasteiger partial charge is 0.302 e. The van der Waals surface area contributed by atoms with Gasteiger partial charge in [-0.05, 0) is 30.0 Å². The van der Waals surface area contributed by atoms with Crippen molar-refractivity contribution >= 4 is 56.4 Å². The fourth-order valence-electron chi connectivity index (χ4n) is 4.11. The summed E-state index contributed by atoms with van der Waals surface area (Å²) in [6.45, 7) is 5.33. The molecule has 9 nitrogen and oxygen atoms in total. The van der Waals surface area contributed by atoms with Crippen molar-refractivity contribution in [2.75, 3.05) is 11.9 Å². The number of benzene rings is 1. The van der Waals surface area contributed by atoms with E-state index in [0.717, 1.165) is 22.5 Å². The van der Waals surface area contributed by atoms with Crippen LogP contribution in [0.5, 0.6) is 0 Å². The number of carbonyl (C=O) groups excluding carboxylic acids is 3. The molecule has 1 N–H and O–H groups in total. The van der Waals surface area contributed by atoms with Gasteiger partial charge < -0.3 is 9.30 Å². The van der Waals surface area contributed by atoms with Gasteiger partial charge in [-0.25, -0.2) is 13.4 Å². The highest BCUT2D eigenvalue weighted by atomic mass is 35.5. The molecule has 3 aromatic rings. The molecule has 0 unspecified atom stereocenters. The molecular weight excluding hydrogens is 550 g/mol. The Hall–Kier alpha value is -3.02. The second-order valence-electron chi connectivity index (χ2n) is 9.53. The van der Waals surface area contributed by atoms with Gasteiger partial charge in [0, 0.05) is 37.6 Å². The number of hydrogen-bond acceptors (Lipinski definition) is 8. The van der Waals surface area contributed by atoms with Crippen LogP contribution >= 0.6 is 22.9 Å². The van der Waals surface area contributed by atoms with Crippen LogP contribution in [0, 0.1) is 5.92 Å². The van der Waals surface area contributed by atoms with Crippen molar-refractivity contribution in [3.8, 4) is 0 Å². The highest BCUT2D eigenvalue weighted by molar-refractivity contribution is 7.74. The summed E-state index contributed by atoms with van der Waals surface area (Å²) in [5, 5.41) is 3.04. The average molecular weight is 578 g/mol. The number of anilines is 1. The molecule has 0 saturated heterocycles. The lowest BCUT2D eigenvalue weighted by Crippen LogP contribution is -2.17. The fraction of sp³-hybridized carbons (Fsp3) is 0.385. The number of nitrogens with zero attached hydrogens (tertiary/aromatic N) is 2. The van der Waals surface area contributed by atoms with Crippen LogP contribution in [0.4, 0.5) is 5.13 Å². The lowest BCUT2D eigenvalue weighted by Gasteiger charge is -2.11. The summed E-state index contributed by atoms with van der Waals surface area (Å²) in [5.74, 6) is -1.20. The number of thiol groups is 1. The summed E-state index contributed by atoms with van der Waals surface area (Å²) in [7, 11) is -2.55. The molecule has 1 aliphatic rings. The number of ether oxygens (including phenoxy) is 1. The van der Waals surface area contributed by atoms with E-state index in [2.05, 4.69) is 10.3 Å². The van der Waals surface area contributed by atoms with Gasteiger partial charge in [0.2, 0.25) is 0 Å². The molecule has 1 amide bonds. The number of aromatic nitrogens is 2. The molecule has 0 atom stereocenters. The third-order valence-corrected chi connectivity index (χ3v) is 9.03. The van der Waals surface area contributed by atoms with E-state index in [9.17, 15) is 22.8 Å². The maximum atomic E-state index is 13.3. The number of ketones is 1. The Balaban J connectivity index is 1.55. The van der Waals surface area contributed by atoms with E-state index in [1.54, 1.807) is 30.7 Å². The summed E-state index contributed by atoms with van der Waals surface area (Å²) in [4.78, 5) is 41.3. The van der Waals surface area contributed by atoms with Gasteiger partial charge in [0.25, 0.3) is 5.91 Å². The van der Waals surface area contributed by atoms with Gasteiger partial charge in [-0.3, -0.25) is 19.7 Å². The zero-order valence-corrected chi connectivity index (χ0v) is 23.6. The SMILES string of the molecule is CC(=O)OCCc1nc(NC(=O)c2cc(C(=O)C(C)C)cn2Cc2ccc(C3([SH](=O)=O)CC3)cc2)sc1Cl. The van der Waals surface area contributed by atoms with E-state index in [4.69, 9.17) is 16.3 Å². The molecule has 0 aliphatic heterocycles. The van der Waals surface area contributed by atoms with Gasteiger partial charge in [-0.15, -0.1) is 0 Å². The van der Waals surface area contributed by atoms with E-state index < -0.39 is 27.3 Å². The average Bonchev–Trinajstić information content (AvgIpc) is 3.46. The van der Waals surface area contributed by atoms with Crippen LogP contribution in [0.15, 0.2) is 36.5 Å². The minimum Gasteiger partial charge on any atom is -0.465 e. The molecular formula is C26H28ClN3O6S2. The summed E-state index contributed by atoms with van der Waals surface area (Å²) in [6.07, 6.45) is 3.22. The molecule has 12 heteroatoms. The van der Waals surface area contributed by atoms with Crippen LogP contribution in [0.1, 0.15) is 71.3 Å². The molecule has 1 saturated carbocycles.